The van der Waals surface area contributed by atoms with Crippen molar-refractivity contribution < 1.29 is 0 Å². The van der Waals surface area contributed by atoms with Crippen LogP contribution in [0.4, 0.5) is 0 Å². The van der Waals surface area contributed by atoms with E-state index in [0.717, 1.165) is 26.1 Å². The second-order valence-corrected chi connectivity index (χ2v) is 6.22. The van der Waals surface area contributed by atoms with Crippen molar-refractivity contribution in [3.63, 3.8) is 0 Å². The van der Waals surface area contributed by atoms with E-state index in [2.05, 4.69) is 62.2 Å². The van der Waals surface area contributed by atoms with Crippen molar-refractivity contribution in [3.05, 3.63) is 35.4 Å². The van der Waals surface area contributed by atoms with Gasteiger partial charge in [0.05, 0.1) is 0 Å². The first kappa shape index (κ1) is 14.5. The number of piperazine rings is 1. The van der Waals surface area contributed by atoms with Crippen LogP contribution < -0.4 is 5.32 Å². The zero-order valence-electron chi connectivity index (χ0n) is 12.8. The Kier molecular flexibility index (Phi) is 5.00. The minimum Gasteiger partial charge on any atom is -0.311 e. The number of hydrogen-bond acceptors (Lipinski definition) is 2. The molecule has 2 nitrogen and oxygen atoms in total. The summed E-state index contributed by atoms with van der Waals surface area (Å²) in [6.45, 7) is 12.5. The van der Waals surface area contributed by atoms with Crippen LogP contribution in [0.2, 0.25) is 0 Å². The summed E-state index contributed by atoms with van der Waals surface area (Å²) in [5.41, 5.74) is 2.87. The molecule has 2 rings (SSSR count). The standard InChI is InChI=1S/C17H28N2/c1-5-15-6-8-16(9-7-15)12-19-11-14(4)18-10-17(19)13(2)3/h6-9,13-14,17-18H,5,10-12H2,1-4H3. The molecule has 0 amide bonds. The van der Waals surface area contributed by atoms with Crippen LogP contribution >= 0.6 is 0 Å². The molecule has 1 N–H and O–H groups in total. The minimum absolute atomic E-state index is 0.602. The van der Waals surface area contributed by atoms with Crippen molar-refractivity contribution in [1.82, 2.24) is 10.2 Å². The number of nitrogens with one attached hydrogen (secondary N) is 1. The van der Waals surface area contributed by atoms with Crippen LogP contribution in [0.1, 0.15) is 38.8 Å². The second kappa shape index (κ2) is 6.53. The molecular formula is C17H28N2. The molecule has 1 saturated heterocycles. The summed E-state index contributed by atoms with van der Waals surface area (Å²) in [4.78, 5) is 2.65. The zero-order valence-corrected chi connectivity index (χ0v) is 12.8. The van der Waals surface area contributed by atoms with Crippen LogP contribution in [-0.2, 0) is 13.0 Å². The quantitative estimate of drug-likeness (QED) is 0.895. The Morgan fingerprint density at radius 2 is 1.84 bits per heavy atom. The number of nitrogens with zero attached hydrogens (tertiary/aromatic N) is 1. The summed E-state index contributed by atoms with van der Waals surface area (Å²) in [7, 11) is 0. The van der Waals surface area contributed by atoms with Gasteiger partial charge in [0.2, 0.25) is 0 Å². The average Bonchev–Trinajstić information content (AvgIpc) is 2.39. The summed E-state index contributed by atoms with van der Waals surface area (Å²) in [6, 6.07) is 10.4. The molecule has 0 bridgehead atoms. The molecule has 0 radical (unpaired) electrons. The zero-order chi connectivity index (χ0) is 13.8. The number of rotatable bonds is 4. The van der Waals surface area contributed by atoms with E-state index in [1.54, 1.807) is 0 Å². The molecule has 0 saturated carbocycles. The summed E-state index contributed by atoms with van der Waals surface area (Å²) in [6.07, 6.45) is 1.12. The Bertz CT molecular complexity index is 383. The second-order valence-electron chi connectivity index (χ2n) is 6.22. The molecule has 0 aliphatic carbocycles. The van der Waals surface area contributed by atoms with Gasteiger partial charge in [-0.1, -0.05) is 45.0 Å². The van der Waals surface area contributed by atoms with Gasteiger partial charge in [0.25, 0.3) is 0 Å². The van der Waals surface area contributed by atoms with Crippen LogP contribution in [0.25, 0.3) is 0 Å². The molecular weight excluding hydrogens is 232 g/mol. The molecule has 2 unspecified atom stereocenters. The lowest BCUT2D eigenvalue weighted by atomic mass is 9.98. The van der Waals surface area contributed by atoms with Crippen molar-refractivity contribution >= 4 is 0 Å². The fraction of sp³-hybridized carbons (Fsp3) is 0.647. The lowest BCUT2D eigenvalue weighted by Crippen LogP contribution is -2.56. The van der Waals surface area contributed by atoms with Crippen LogP contribution in [0.5, 0.6) is 0 Å². The molecule has 1 aromatic carbocycles. The highest BCUT2D eigenvalue weighted by Crippen LogP contribution is 2.18. The van der Waals surface area contributed by atoms with Gasteiger partial charge in [-0.3, -0.25) is 4.90 Å². The van der Waals surface area contributed by atoms with Crippen LogP contribution in [0.15, 0.2) is 24.3 Å². The monoisotopic (exact) mass is 260 g/mol. The van der Waals surface area contributed by atoms with Crippen molar-refractivity contribution in [1.29, 1.82) is 0 Å². The summed E-state index contributed by atoms with van der Waals surface area (Å²) >= 11 is 0. The molecule has 2 atom stereocenters. The molecule has 1 aliphatic rings. The van der Waals surface area contributed by atoms with Gasteiger partial charge < -0.3 is 5.32 Å². The van der Waals surface area contributed by atoms with E-state index >= 15 is 0 Å². The third-order valence-electron chi connectivity index (χ3n) is 4.24. The lowest BCUT2D eigenvalue weighted by Gasteiger charge is -2.41. The van der Waals surface area contributed by atoms with E-state index in [1.165, 1.54) is 11.1 Å². The average molecular weight is 260 g/mol. The van der Waals surface area contributed by atoms with Crippen molar-refractivity contribution in [2.45, 2.75) is 52.7 Å². The Balaban J connectivity index is 2.05. The molecule has 1 fully saturated rings. The van der Waals surface area contributed by atoms with Crippen molar-refractivity contribution in [3.8, 4) is 0 Å². The van der Waals surface area contributed by atoms with Crippen LogP contribution in [0.3, 0.4) is 0 Å². The highest BCUT2D eigenvalue weighted by molar-refractivity contribution is 5.22. The smallest absolute Gasteiger partial charge is 0.0247 e. The lowest BCUT2D eigenvalue weighted by molar-refractivity contribution is 0.0956. The fourth-order valence-corrected chi connectivity index (χ4v) is 2.96. The van der Waals surface area contributed by atoms with Gasteiger partial charge >= 0.3 is 0 Å². The first-order valence-electron chi connectivity index (χ1n) is 7.65. The first-order valence-corrected chi connectivity index (χ1v) is 7.65. The molecule has 1 heterocycles. The van der Waals surface area contributed by atoms with Crippen molar-refractivity contribution in [2.24, 2.45) is 5.92 Å². The fourth-order valence-electron chi connectivity index (χ4n) is 2.96. The molecule has 1 aromatic rings. The van der Waals surface area contributed by atoms with E-state index < -0.39 is 0 Å². The number of benzene rings is 1. The van der Waals surface area contributed by atoms with E-state index in [4.69, 9.17) is 0 Å². The van der Waals surface area contributed by atoms with Gasteiger partial charge in [0.15, 0.2) is 0 Å². The largest absolute Gasteiger partial charge is 0.311 e. The highest BCUT2D eigenvalue weighted by Gasteiger charge is 2.27. The minimum atomic E-state index is 0.602. The SMILES string of the molecule is CCc1ccc(CN2CC(C)NCC2C(C)C)cc1. The molecule has 1 aliphatic heterocycles. The predicted octanol–water partition coefficient (Wildman–Crippen LogP) is 3.07. The molecule has 2 heteroatoms. The highest BCUT2D eigenvalue weighted by atomic mass is 15.2. The predicted molar refractivity (Wildman–Crippen MR) is 82.3 cm³/mol. The maximum absolute atomic E-state index is 3.61. The van der Waals surface area contributed by atoms with Gasteiger partial charge in [-0.05, 0) is 30.4 Å². The topological polar surface area (TPSA) is 15.3 Å². The van der Waals surface area contributed by atoms with Gasteiger partial charge in [-0.25, -0.2) is 0 Å². The maximum Gasteiger partial charge on any atom is 0.0247 e. The third kappa shape index (κ3) is 3.80. The molecule has 0 spiro atoms. The van der Waals surface area contributed by atoms with Gasteiger partial charge in [-0.2, -0.15) is 0 Å². The third-order valence-corrected chi connectivity index (χ3v) is 4.24. The van der Waals surface area contributed by atoms with E-state index in [9.17, 15) is 0 Å². The van der Waals surface area contributed by atoms with Crippen LogP contribution in [0, 0.1) is 5.92 Å². The molecule has 106 valence electrons. The normalized spacial score (nSPS) is 24.9. The van der Waals surface area contributed by atoms with Crippen molar-refractivity contribution in [2.75, 3.05) is 13.1 Å². The molecule has 19 heavy (non-hydrogen) atoms. The Morgan fingerprint density at radius 3 is 2.42 bits per heavy atom. The maximum atomic E-state index is 3.61. The molecule has 0 aromatic heterocycles. The number of hydrogen-bond donors (Lipinski definition) is 1. The number of aryl methyl sites for hydroxylation is 1. The van der Waals surface area contributed by atoms with E-state index in [0.29, 0.717) is 18.0 Å². The Morgan fingerprint density at radius 1 is 1.21 bits per heavy atom. The summed E-state index contributed by atoms with van der Waals surface area (Å²) in [5.74, 6) is 0.704. The summed E-state index contributed by atoms with van der Waals surface area (Å²) in [5, 5.41) is 3.61. The van der Waals surface area contributed by atoms with E-state index in [1.807, 2.05) is 0 Å². The van der Waals surface area contributed by atoms with Crippen LogP contribution in [-0.4, -0.2) is 30.1 Å². The summed E-state index contributed by atoms with van der Waals surface area (Å²) < 4.78 is 0. The van der Waals surface area contributed by atoms with Gasteiger partial charge in [-0.15, -0.1) is 0 Å². The van der Waals surface area contributed by atoms with Gasteiger partial charge in [0.1, 0.15) is 0 Å². The van der Waals surface area contributed by atoms with E-state index in [-0.39, 0.29) is 0 Å². The Labute approximate surface area is 118 Å². The van der Waals surface area contributed by atoms with Gasteiger partial charge in [0, 0.05) is 31.7 Å². The Hall–Kier alpha value is -0.860. The first-order chi connectivity index (χ1) is 9.10.